The minimum atomic E-state index is -0.488. The third-order valence-corrected chi connectivity index (χ3v) is 7.34. The van der Waals surface area contributed by atoms with Crippen molar-refractivity contribution in [3.63, 3.8) is 0 Å². The smallest absolute Gasteiger partial charge is 0.311 e. The first-order chi connectivity index (χ1) is 15.6. The summed E-state index contributed by atoms with van der Waals surface area (Å²) >= 11 is 1.70. The lowest BCUT2D eigenvalue weighted by atomic mass is 10.0. The Balaban J connectivity index is 1.41. The van der Waals surface area contributed by atoms with E-state index in [1.54, 1.807) is 23.3 Å². The molecule has 1 aromatic heterocycles. The summed E-state index contributed by atoms with van der Waals surface area (Å²) in [5.41, 5.74) is 1.19. The van der Waals surface area contributed by atoms with Gasteiger partial charge in [-0.3, -0.25) is 14.5 Å². The van der Waals surface area contributed by atoms with Crippen molar-refractivity contribution in [1.29, 1.82) is 0 Å². The first kappa shape index (κ1) is 22.6. The molecular weight excluding hydrogens is 424 g/mol. The number of carbonyl (C=O) groups excluding carboxylic acids is 2. The van der Waals surface area contributed by atoms with Crippen molar-refractivity contribution in [3.05, 3.63) is 46.7 Å². The Hall–Kier alpha value is -2.58. The Morgan fingerprint density at radius 2 is 1.69 bits per heavy atom. The second-order valence-electron chi connectivity index (χ2n) is 8.44. The first-order valence-electron chi connectivity index (χ1n) is 11.3. The maximum atomic E-state index is 12.7. The number of anilines is 1. The molecule has 2 aliphatic heterocycles. The molecule has 7 nitrogen and oxygen atoms in total. The van der Waals surface area contributed by atoms with Crippen molar-refractivity contribution in [3.8, 4) is 5.75 Å². The van der Waals surface area contributed by atoms with E-state index < -0.39 is 11.8 Å². The highest BCUT2D eigenvalue weighted by Crippen LogP contribution is 2.30. The first-order valence-corrected chi connectivity index (χ1v) is 12.2. The molecule has 8 heteroatoms. The van der Waals surface area contributed by atoms with Gasteiger partial charge in [0.15, 0.2) is 0 Å². The van der Waals surface area contributed by atoms with E-state index in [9.17, 15) is 9.59 Å². The number of ether oxygens (including phenoxy) is 1. The molecule has 0 unspecified atom stereocenters. The van der Waals surface area contributed by atoms with Crippen molar-refractivity contribution in [2.45, 2.75) is 31.8 Å². The summed E-state index contributed by atoms with van der Waals surface area (Å²) in [6, 6.07) is 12.2. The van der Waals surface area contributed by atoms with Crippen LogP contribution in [-0.4, -0.2) is 74.0 Å². The summed E-state index contributed by atoms with van der Waals surface area (Å²) in [7, 11) is 1.68. The molecule has 2 aromatic rings. The van der Waals surface area contributed by atoms with Gasteiger partial charge in [0.05, 0.1) is 13.2 Å². The minimum absolute atomic E-state index is 0.0448. The molecule has 4 rings (SSSR count). The van der Waals surface area contributed by atoms with Gasteiger partial charge in [-0.1, -0.05) is 6.07 Å². The van der Waals surface area contributed by atoms with Crippen LogP contribution in [0.3, 0.4) is 0 Å². The zero-order valence-corrected chi connectivity index (χ0v) is 19.6. The normalized spacial score (nSPS) is 18.9. The van der Waals surface area contributed by atoms with E-state index in [1.807, 2.05) is 25.1 Å². The van der Waals surface area contributed by atoms with E-state index in [2.05, 4.69) is 38.7 Å². The van der Waals surface area contributed by atoms with Gasteiger partial charge < -0.3 is 19.9 Å². The van der Waals surface area contributed by atoms with Gasteiger partial charge >= 0.3 is 11.8 Å². The second-order valence-corrected chi connectivity index (χ2v) is 9.42. The van der Waals surface area contributed by atoms with E-state index in [-0.39, 0.29) is 12.1 Å². The van der Waals surface area contributed by atoms with Crippen LogP contribution in [-0.2, 0) is 9.59 Å². The van der Waals surface area contributed by atoms with Crippen molar-refractivity contribution < 1.29 is 14.3 Å². The molecule has 0 saturated carbocycles. The van der Waals surface area contributed by atoms with Crippen molar-refractivity contribution in [2.75, 3.05) is 51.3 Å². The van der Waals surface area contributed by atoms with Gasteiger partial charge in [-0.15, -0.1) is 11.3 Å². The predicted octanol–water partition coefficient (Wildman–Crippen LogP) is 2.75. The Morgan fingerprint density at radius 3 is 2.28 bits per heavy atom. The molecule has 1 N–H and O–H groups in total. The van der Waals surface area contributed by atoms with Gasteiger partial charge in [0.2, 0.25) is 0 Å². The molecule has 3 heterocycles. The fraction of sp³-hybridized carbons (Fsp3) is 0.500. The minimum Gasteiger partial charge on any atom is -0.497 e. The summed E-state index contributed by atoms with van der Waals surface area (Å²) in [6.07, 6.45) is 1.95. The number of carbonyl (C=O) groups is 2. The molecule has 0 radical (unpaired) electrons. The van der Waals surface area contributed by atoms with Crippen LogP contribution in [0.5, 0.6) is 5.75 Å². The number of amides is 2. The third kappa shape index (κ3) is 5.07. The highest BCUT2D eigenvalue weighted by Gasteiger charge is 2.33. The number of rotatable bonds is 6. The number of piperazine rings is 1. The average Bonchev–Trinajstić information content (AvgIpc) is 3.54. The summed E-state index contributed by atoms with van der Waals surface area (Å²) in [5, 5.41) is 5.07. The number of likely N-dealkylation sites (tertiary alicyclic amines) is 1. The van der Waals surface area contributed by atoms with Crippen LogP contribution in [0.4, 0.5) is 5.69 Å². The number of nitrogens with zero attached hydrogens (tertiary/aromatic N) is 3. The van der Waals surface area contributed by atoms with Crippen LogP contribution < -0.4 is 15.0 Å². The Bertz CT molecular complexity index is 888. The van der Waals surface area contributed by atoms with Crippen LogP contribution in [0.25, 0.3) is 0 Å². The lowest BCUT2D eigenvalue weighted by Gasteiger charge is -2.42. The highest BCUT2D eigenvalue weighted by molar-refractivity contribution is 7.10. The Morgan fingerprint density at radius 1 is 1.00 bits per heavy atom. The van der Waals surface area contributed by atoms with Gasteiger partial charge in [-0.25, -0.2) is 0 Å². The Labute approximate surface area is 193 Å². The van der Waals surface area contributed by atoms with Gasteiger partial charge in [0.25, 0.3) is 0 Å². The fourth-order valence-corrected chi connectivity index (χ4v) is 5.63. The lowest BCUT2D eigenvalue weighted by Crippen LogP contribution is -2.54. The third-order valence-electron chi connectivity index (χ3n) is 6.40. The summed E-state index contributed by atoms with van der Waals surface area (Å²) in [5.74, 6) is -0.0281. The van der Waals surface area contributed by atoms with E-state index >= 15 is 0 Å². The zero-order valence-electron chi connectivity index (χ0n) is 18.8. The molecule has 1 aromatic carbocycles. The highest BCUT2D eigenvalue weighted by atomic mass is 32.1. The summed E-state index contributed by atoms with van der Waals surface area (Å²) in [6.45, 7) is 6.95. The standard InChI is InChI=1S/C24H32N4O3S/c1-18(25-23(29)24(30)28-11-3-4-12-28)22(21-6-5-17-32-21)27-15-13-26(14-16-27)19-7-9-20(31-2)10-8-19/h5-10,17-18,22H,3-4,11-16H2,1-2H3,(H,25,29)/t18-,22+/m0/s1. The van der Waals surface area contributed by atoms with Crippen LogP contribution in [0.1, 0.15) is 30.7 Å². The van der Waals surface area contributed by atoms with Gasteiger partial charge in [-0.2, -0.15) is 0 Å². The molecule has 2 amide bonds. The van der Waals surface area contributed by atoms with Gasteiger partial charge in [0, 0.05) is 55.9 Å². The maximum absolute atomic E-state index is 12.7. The molecular formula is C24H32N4O3S. The molecule has 0 aliphatic carbocycles. The van der Waals surface area contributed by atoms with Crippen molar-refractivity contribution in [2.24, 2.45) is 0 Å². The largest absolute Gasteiger partial charge is 0.497 e. The van der Waals surface area contributed by atoms with Crippen LogP contribution in [0.15, 0.2) is 41.8 Å². The van der Waals surface area contributed by atoms with Crippen molar-refractivity contribution >= 4 is 28.8 Å². The monoisotopic (exact) mass is 456 g/mol. The van der Waals surface area contributed by atoms with Crippen LogP contribution >= 0.6 is 11.3 Å². The molecule has 0 bridgehead atoms. The summed E-state index contributed by atoms with van der Waals surface area (Å²) < 4.78 is 5.27. The Kier molecular flexibility index (Phi) is 7.32. The second kappa shape index (κ2) is 10.4. The SMILES string of the molecule is COc1ccc(N2CCN([C@@H](c3cccs3)[C@H](C)NC(=O)C(=O)N3CCCC3)CC2)cc1. The van der Waals surface area contributed by atoms with E-state index in [4.69, 9.17) is 4.74 Å². The molecule has 2 atom stereocenters. The lowest BCUT2D eigenvalue weighted by molar-refractivity contribution is -0.145. The van der Waals surface area contributed by atoms with E-state index in [1.165, 1.54) is 10.6 Å². The van der Waals surface area contributed by atoms with Crippen molar-refractivity contribution in [1.82, 2.24) is 15.1 Å². The number of benzene rings is 1. The number of methoxy groups -OCH3 is 1. The number of nitrogens with one attached hydrogen (secondary N) is 1. The molecule has 32 heavy (non-hydrogen) atoms. The van der Waals surface area contributed by atoms with Gasteiger partial charge in [0.1, 0.15) is 5.75 Å². The average molecular weight is 457 g/mol. The zero-order chi connectivity index (χ0) is 22.5. The molecule has 172 valence electrons. The maximum Gasteiger partial charge on any atom is 0.311 e. The molecule has 2 fully saturated rings. The number of thiophene rings is 1. The molecule has 0 spiro atoms. The molecule has 2 aliphatic rings. The van der Waals surface area contributed by atoms with E-state index in [0.29, 0.717) is 13.1 Å². The molecule has 2 saturated heterocycles. The number of hydrogen-bond acceptors (Lipinski definition) is 6. The number of hydrogen-bond donors (Lipinski definition) is 1. The quantitative estimate of drug-likeness (QED) is 0.677. The van der Waals surface area contributed by atoms with E-state index in [0.717, 1.165) is 44.8 Å². The van der Waals surface area contributed by atoms with Crippen LogP contribution in [0, 0.1) is 0 Å². The van der Waals surface area contributed by atoms with Crippen LogP contribution in [0.2, 0.25) is 0 Å². The predicted molar refractivity (Wildman–Crippen MR) is 127 cm³/mol. The topological polar surface area (TPSA) is 65.1 Å². The fourth-order valence-electron chi connectivity index (χ4n) is 4.66. The van der Waals surface area contributed by atoms with Gasteiger partial charge in [-0.05, 0) is 55.5 Å². The summed E-state index contributed by atoms with van der Waals surface area (Å²) in [4.78, 5) is 32.8.